The molecule has 0 unspecified atom stereocenters. The molecule has 1 aromatic heterocycles. The third kappa shape index (κ3) is 2.84. The Morgan fingerprint density at radius 1 is 1.24 bits per heavy atom. The van der Waals surface area contributed by atoms with Gasteiger partial charge in [0.05, 0.1) is 25.9 Å². The van der Waals surface area contributed by atoms with Crippen molar-refractivity contribution < 1.29 is 14.3 Å². The lowest BCUT2D eigenvalue weighted by Crippen LogP contribution is -2.40. The van der Waals surface area contributed by atoms with Crippen LogP contribution < -0.4 is 9.47 Å². The molecule has 2 aromatic rings. The third-order valence-electron chi connectivity index (χ3n) is 3.51. The summed E-state index contributed by atoms with van der Waals surface area (Å²) in [5.41, 5.74) is 1.05. The van der Waals surface area contributed by atoms with E-state index < -0.39 is 0 Å². The number of fused-ring (bicyclic) bond motifs is 1. The highest BCUT2D eigenvalue weighted by Crippen LogP contribution is 2.25. The molecule has 21 heavy (non-hydrogen) atoms. The minimum absolute atomic E-state index is 0.00844. The number of amides is 1. The van der Waals surface area contributed by atoms with E-state index in [-0.39, 0.29) is 12.5 Å². The number of aromatic nitrogens is 2. The predicted octanol–water partition coefficient (Wildman–Crippen LogP) is 1.31. The van der Waals surface area contributed by atoms with Gasteiger partial charge in [0.2, 0.25) is 0 Å². The van der Waals surface area contributed by atoms with Crippen LogP contribution in [0.5, 0.6) is 11.5 Å². The Labute approximate surface area is 122 Å². The van der Waals surface area contributed by atoms with E-state index in [1.54, 1.807) is 30.3 Å². The molecule has 0 saturated heterocycles. The Hall–Kier alpha value is -2.50. The number of nitrogens with zero attached hydrogens (tertiary/aromatic N) is 3. The van der Waals surface area contributed by atoms with Crippen molar-refractivity contribution in [3.63, 3.8) is 0 Å². The zero-order valence-electron chi connectivity index (χ0n) is 11.9. The highest BCUT2D eigenvalue weighted by molar-refractivity contribution is 5.78. The zero-order valence-corrected chi connectivity index (χ0v) is 11.9. The normalized spacial score (nSPS) is 13.7. The van der Waals surface area contributed by atoms with Gasteiger partial charge in [-0.3, -0.25) is 9.48 Å². The van der Waals surface area contributed by atoms with E-state index in [0.29, 0.717) is 24.6 Å². The molecule has 1 aliphatic rings. The fourth-order valence-electron chi connectivity index (χ4n) is 2.37. The van der Waals surface area contributed by atoms with Crippen molar-refractivity contribution >= 4 is 5.91 Å². The van der Waals surface area contributed by atoms with E-state index in [4.69, 9.17) is 9.47 Å². The maximum Gasteiger partial charge on any atom is 0.260 e. The number of benzene rings is 1. The number of hydrogen-bond donors (Lipinski definition) is 0. The van der Waals surface area contributed by atoms with Crippen LogP contribution in [0.4, 0.5) is 0 Å². The van der Waals surface area contributed by atoms with E-state index in [9.17, 15) is 4.79 Å². The van der Waals surface area contributed by atoms with Crippen LogP contribution in [0.1, 0.15) is 5.69 Å². The van der Waals surface area contributed by atoms with Gasteiger partial charge in [-0.2, -0.15) is 5.10 Å². The SMILES string of the molecule is COc1ccccc1OCC(=O)N1CCn2nccc2C1. The number of rotatable bonds is 4. The largest absolute Gasteiger partial charge is 0.493 e. The second-order valence-electron chi connectivity index (χ2n) is 4.80. The van der Waals surface area contributed by atoms with Crippen LogP contribution in [0.2, 0.25) is 0 Å². The Morgan fingerprint density at radius 2 is 2.05 bits per heavy atom. The van der Waals surface area contributed by atoms with Gasteiger partial charge in [0, 0.05) is 12.7 Å². The number of hydrogen-bond acceptors (Lipinski definition) is 4. The van der Waals surface area contributed by atoms with E-state index in [1.807, 2.05) is 22.9 Å². The summed E-state index contributed by atoms with van der Waals surface area (Å²) in [6.07, 6.45) is 1.76. The first-order chi connectivity index (χ1) is 10.3. The fraction of sp³-hybridized carbons (Fsp3) is 0.333. The van der Waals surface area contributed by atoms with E-state index in [1.165, 1.54) is 0 Å². The Balaban J connectivity index is 1.60. The summed E-state index contributed by atoms with van der Waals surface area (Å²) in [6, 6.07) is 9.23. The monoisotopic (exact) mass is 287 g/mol. The lowest BCUT2D eigenvalue weighted by Gasteiger charge is -2.27. The van der Waals surface area contributed by atoms with Crippen molar-refractivity contribution in [2.75, 3.05) is 20.3 Å². The maximum absolute atomic E-state index is 12.2. The highest BCUT2D eigenvalue weighted by Gasteiger charge is 2.21. The lowest BCUT2D eigenvalue weighted by molar-refractivity contribution is -0.134. The average Bonchev–Trinajstić information content (AvgIpc) is 3.00. The van der Waals surface area contributed by atoms with Gasteiger partial charge in [0.25, 0.3) is 5.91 Å². The molecule has 110 valence electrons. The molecule has 0 radical (unpaired) electrons. The molecule has 0 aliphatic carbocycles. The molecule has 0 fully saturated rings. The molecule has 1 aromatic carbocycles. The van der Waals surface area contributed by atoms with Crippen molar-refractivity contribution in [2.24, 2.45) is 0 Å². The van der Waals surface area contributed by atoms with Crippen molar-refractivity contribution in [3.05, 3.63) is 42.2 Å². The van der Waals surface area contributed by atoms with Crippen molar-refractivity contribution in [1.29, 1.82) is 0 Å². The van der Waals surface area contributed by atoms with Crippen LogP contribution >= 0.6 is 0 Å². The zero-order chi connectivity index (χ0) is 14.7. The van der Waals surface area contributed by atoms with Gasteiger partial charge in [0.1, 0.15) is 0 Å². The average molecular weight is 287 g/mol. The summed E-state index contributed by atoms with van der Waals surface area (Å²) in [5, 5.41) is 4.20. The van der Waals surface area contributed by atoms with Crippen LogP contribution in [0.25, 0.3) is 0 Å². The first-order valence-electron chi connectivity index (χ1n) is 6.82. The number of methoxy groups -OCH3 is 1. The number of carbonyl (C=O) groups is 1. The molecular formula is C15H17N3O3. The summed E-state index contributed by atoms with van der Waals surface area (Å²) in [7, 11) is 1.58. The van der Waals surface area contributed by atoms with Gasteiger partial charge in [0.15, 0.2) is 18.1 Å². The molecule has 2 heterocycles. The molecular weight excluding hydrogens is 270 g/mol. The second kappa shape index (κ2) is 5.87. The van der Waals surface area contributed by atoms with Crippen molar-refractivity contribution in [1.82, 2.24) is 14.7 Å². The Bertz CT molecular complexity index is 639. The smallest absolute Gasteiger partial charge is 0.260 e. The number of carbonyl (C=O) groups excluding carboxylic acids is 1. The number of ether oxygens (including phenoxy) is 2. The van der Waals surface area contributed by atoms with Crippen molar-refractivity contribution in [2.45, 2.75) is 13.1 Å². The fourth-order valence-corrected chi connectivity index (χ4v) is 2.37. The molecule has 0 spiro atoms. The Morgan fingerprint density at radius 3 is 2.86 bits per heavy atom. The van der Waals surface area contributed by atoms with Gasteiger partial charge in [-0.25, -0.2) is 0 Å². The minimum atomic E-state index is -0.0339. The van der Waals surface area contributed by atoms with Gasteiger partial charge < -0.3 is 14.4 Å². The standard InChI is InChI=1S/C15H17N3O3/c1-20-13-4-2-3-5-14(13)21-11-15(19)17-8-9-18-12(10-17)6-7-16-18/h2-7H,8-11H2,1H3. The summed E-state index contributed by atoms with van der Waals surface area (Å²) >= 11 is 0. The summed E-state index contributed by atoms with van der Waals surface area (Å²) in [4.78, 5) is 14.0. The van der Waals surface area contributed by atoms with Crippen molar-refractivity contribution in [3.8, 4) is 11.5 Å². The number of para-hydroxylation sites is 2. The van der Waals surface area contributed by atoms with Crippen LogP contribution in [-0.4, -0.2) is 40.8 Å². The van der Waals surface area contributed by atoms with Gasteiger partial charge in [-0.05, 0) is 18.2 Å². The van der Waals surface area contributed by atoms with E-state index >= 15 is 0 Å². The topological polar surface area (TPSA) is 56.6 Å². The van der Waals surface area contributed by atoms with Crippen LogP contribution in [0.15, 0.2) is 36.5 Å². The highest BCUT2D eigenvalue weighted by atomic mass is 16.5. The van der Waals surface area contributed by atoms with E-state index in [2.05, 4.69) is 5.10 Å². The first-order valence-corrected chi connectivity index (χ1v) is 6.82. The molecule has 0 N–H and O–H groups in total. The van der Waals surface area contributed by atoms with Gasteiger partial charge in [-0.15, -0.1) is 0 Å². The molecule has 3 rings (SSSR count). The van der Waals surface area contributed by atoms with Crippen LogP contribution in [0, 0.1) is 0 Å². The molecule has 6 nitrogen and oxygen atoms in total. The van der Waals surface area contributed by atoms with E-state index in [0.717, 1.165) is 12.2 Å². The molecule has 0 saturated carbocycles. The lowest BCUT2D eigenvalue weighted by atomic mass is 10.3. The second-order valence-corrected chi connectivity index (χ2v) is 4.80. The quantitative estimate of drug-likeness (QED) is 0.851. The molecule has 6 heteroatoms. The molecule has 0 bridgehead atoms. The first kappa shape index (κ1) is 13.5. The predicted molar refractivity (Wildman–Crippen MR) is 76.1 cm³/mol. The third-order valence-corrected chi connectivity index (χ3v) is 3.51. The Kier molecular flexibility index (Phi) is 3.77. The summed E-state index contributed by atoms with van der Waals surface area (Å²) < 4.78 is 12.7. The van der Waals surface area contributed by atoms with Crippen LogP contribution in [-0.2, 0) is 17.9 Å². The molecule has 1 aliphatic heterocycles. The summed E-state index contributed by atoms with van der Waals surface area (Å²) in [6.45, 7) is 1.97. The molecule has 1 amide bonds. The maximum atomic E-state index is 12.2. The molecule has 0 atom stereocenters. The minimum Gasteiger partial charge on any atom is -0.493 e. The van der Waals surface area contributed by atoms with Crippen LogP contribution in [0.3, 0.4) is 0 Å². The van der Waals surface area contributed by atoms with Gasteiger partial charge >= 0.3 is 0 Å². The van der Waals surface area contributed by atoms with Gasteiger partial charge in [-0.1, -0.05) is 12.1 Å². The summed E-state index contributed by atoms with van der Waals surface area (Å²) in [5.74, 6) is 1.17.